The van der Waals surface area contributed by atoms with Gasteiger partial charge in [0, 0.05) is 18.6 Å². The van der Waals surface area contributed by atoms with Crippen LogP contribution in [0.15, 0.2) is 41.1 Å². The van der Waals surface area contributed by atoms with Crippen LogP contribution in [-0.4, -0.2) is 17.0 Å². The van der Waals surface area contributed by atoms with Gasteiger partial charge in [-0.25, -0.2) is 0 Å². The Hall–Kier alpha value is -1.16. The standard InChI is InChI=1S/C18H24N2S/c1-13-3-5-16(6-4-13)18(14(2)19)20(17-7-8-17)11-15-9-10-21-12-15/h3-6,9-10,12,14,17-18H,7-8,11,19H2,1-2H3. The zero-order chi connectivity index (χ0) is 14.8. The van der Waals surface area contributed by atoms with Crippen molar-refractivity contribution in [2.45, 2.75) is 51.4 Å². The Balaban J connectivity index is 1.87. The molecule has 3 rings (SSSR count). The van der Waals surface area contributed by atoms with Crippen LogP contribution in [0.4, 0.5) is 0 Å². The largest absolute Gasteiger partial charge is 0.326 e. The van der Waals surface area contributed by atoms with Crippen LogP contribution in [0, 0.1) is 6.92 Å². The molecule has 1 aromatic heterocycles. The molecule has 0 spiro atoms. The Kier molecular flexibility index (Phi) is 4.43. The number of thiophene rings is 1. The minimum Gasteiger partial charge on any atom is -0.326 e. The summed E-state index contributed by atoms with van der Waals surface area (Å²) in [5, 5.41) is 4.41. The molecule has 0 aliphatic heterocycles. The Morgan fingerprint density at radius 3 is 2.48 bits per heavy atom. The maximum Gasteiger partial charge on any atom is 0.0502 e. The van der Waals surface area contributed by atoms with Gasteiger partial charge in [-0.1, -0.05) is 29.8 Å². The second-order valence-corrected chi connectivity index (χ2v) is 7.03. The monoisotopic (exact) mass is 300 g/mol. The van der Waals surface area contributed by atoms with E-state index >= 15 is 0 Å². The van der Waals surface area contributed by atoms with Gasteiger partial charge in [0.05, 0.1) is 6.04 Å². The maximum absolute atomic E-state index is 6.36. The average molecular weight is 300 g/mol. The number of rotatable bonds is 6. The Bertz CT molecular complexity index is 555. The van der Waals surface area contributed by atoms with E-state index in [4.69, 9.17) is 5.73 Å². The van der Waals surface area contributed by atoms with Gasteiger partial charge in [-0.05, 0) is 54.6 Å². The normalized spacial score (nSPS) is 17.9. The van der Waals surface area contributed by atoms with E-state index in [2.05, 4.69) is 59.8 Å². The molecule has 2 unspecified atom stereocenters. The number of hydrogen-bond donors (Lipinski definition) is 1. The van der Waals surface area contributed by atoms with E-state index in [9.17, 15) is 0 Å². The molecule has 0 saturated heterocycles. The fourth-order valence-electron chi connectivity index (χ4n) is 3.01. The smallest absolute Gasteiger partial charge is 0.0502 e. The van der Waals surface area contributed by atoms with Crippen molar-refractivity contribution < 1.29 is 0 Å². The number of benzene rings is 1. The highest BCUT2D eigenvalue weighted by molar-refractivity contribution is 7.07. The molecule has 2 nitrogen and oxygen atoms in total. The number of nitrogens with zero attached hydrogens (tertiary/aromatic N) is 1. The first-order chi connectivity index (χ1) is 10.1. The highest BCUT2D eigenvalue weighted by Gasteiger charge is 2.36. The molecular weight excluding hydrogens is 276 g/mol. The minimum absolute atomic E-state index is 0.131. The van der Waals surface area contributed by atoms with Gasteiger partial charge in [-0.15, -0.1) is 0 Å². The van der Waals surface area contributed by atoms with Gasteiger partial charge >= 0.3 is 0 Å². The molecule has 1 aliphatic rings. The van der Waals surface area contributed by atoms with Crippen molar-refractivity contribution >= 4 is 11.3 Å². The highest BCUT2D eigenvalue weighted by Crippen LogP contribution is 2.37. The van der Waals surface area contributed by atoms with Gasteiger partial charge in [-0.2, -0.15) is 11.3 Å². The van der Waals surface area contributed by atoms with E-state index in [1.165, 1.54) is 29.5 Å². The Morgan fingerprint density at radius 1 is 1.24 bits per heavy atom. The number of hydrogen-bond acceptors (Lipinski definition) is 3. The quantitative estimate of drug-likeness (QED) is 0.870. The van der Waals surface area contributed by atoms with E-state index in [0.717, 1.165) is 6.54 Å². The topological polar surface area (TPSA) is 29.3 Å². The van der Waals surface area contributed by atoms with Crippen molar-refractivity contribution in [3.8, 4) is 0 Å². The van der Waals surface area contributed by atoms with Gasteiger partial charge < -0.3 is 5.73 Å². The Labute approximate surface area is 131 Å². The van der Waals surface area contributed by atoms with Crippen LogP contribution in [0.25, 0.3) is 0 Å². The van der Waals surface area contributed by atoms with Crippen LogP contribution in [-0.2, 0) is 6.54 Å². The molecule has 3 heteroatoms. The molecule has 0 radical (unpaired) electrons. The highest BCUT2D eigenvalue weighted by atomic mass is 32.1. The minimum atomic E-state index is 0.131. The first-order valence-electron chi connectivity index (χ1n) is 7.74. The maximum atomic E-state index is 6.36. The summed E-state index contributed by atoms with van der Waals surface area (Å²) in [6.45, 7) is 5.27. The predicted molar refractivity (Wildman–Crippen MR) is 90.5 cm³/mol. The molecule has 1 aliphatic carbocycles. The summed E-state index contributed by atoms with van der Waals surface area (Å²) >= 11 is 1.77. The second-order valence-electron chi connectivity index (χ2n) is 6.25. The lowest BCUT2D eigenvalue weighted by atomic mass is 9.97. The zero-order valence-corrected chi connectivity index (χ0v) is 13.6. The summed E-state index contributed by atoms with van der Waals surface area (Å²) in [5.74, 6) is 0. The molecule has 1 saturated carbocycles. The van der Waals surface area contributed by atoms with Crippen LogP contribution in [0.5, 0.6) is 0 Å². The third-order valence-electron chi connectivity index (χ3n) is 4.24. The number of aryl methyl sites for hydroxylation is 1. The van der Waals surface area contributed by atoms with Crippen molar-refractivity contribution in [3.63, 3.8) is 0 Å². The van der Waals surface area contributed by atoms with Crippen molar-refractivity contribution in [1.29, 1.82) is 0 Å². The van der Waals surface area contributed by atoms with Crippen LogP contribution in [0.3, 0.4) is 0 Å². The van der Waals surface area contributed by atoms with Crippen molar-refractivity contribution in [3.05, 3.63) is 57.8 Å². The van der Waals surface area contributed by atoms with Crippen LogP contribution in [0.1, 0.15) is 42.5 Å². The van der Waals surface area contributed by atoms with Gasteiger partial charge in [0.1, 0.15) is 0 Å². The summed E-state index contributed by atoms with van der Waals surface area (Å²) in [5.41, 5.74) is 10.4. The van der Waals surface area contributed by atoms with E-state index < -0.39 is 0 Å². The number of nitrogens with two attached hydrogens (primary N) is 1. The molecule has 2 N–H and O–H groups in total. The molecule has 1 heterocycles. The molecule has 0 bridgehead atoms. The van der Waals surface area contributed by atoms with Crippen LogP contribution in [0.2, 0.25) is 0 Å². The van der Waals surface area contributed by atoms with E-state index in [1.54, 1.807) is 11.3 Å². The first-order valence-corrected chi connectivity index (χ1v) is 8.68. The van der Waals surface area contributed by atoms with Gasteiger partial charge in [0.25, 0.3) is 0 Å². The molecule has 1 aromatic carbocycles. The molecule has 0 amide bonds. The molecule has 21 heavy (non-hydrogen) atoms. The molecule has 1 fully saturated rings. The lowest BCUT2D eigenvalue weighted by Crippen LogP contribution is -2.40. The van der Waals surface area contributed by atoms with E-state index in [-0.39, 0.29) is 6.04 Å². The lowest BCUT2D eigenvalue weighted by Gasteiger charge is -2.35. The van der Waals surface area contributed by atoms with E-state index in [1.807, 2.05) is 0 Å². The van der Waals surface area contributed by atoms with E-state index in [0.29, 0.717) is 12.1 Å². The summed E-state index contributed by atoms with van der Waals surface area (Å²) < 4.78 is 0. The summed E-state index contributed by atoms with van der Waals surface area (Å²) in [6, 6.07) is 12.2. The molecule has 2 aromatic rings. The fourth-order valence-corrected chi connectivity index (χ4v) is 3.67. The van der Waals surface area contributed by atoms with Crippen LogP contribution < -0.4 is 5.73 Å². The van der Waals surface area contributed by atoms with Gasteiger partial charge in [-0.3, -0.25) is 4.90 Å². The van der Waals surface area contributed by atoms with Crippen molar-refractivity contribution in [2.24, 2.45) is 5.73 Å². The molecular formula is C18H24N2S. The average Bonchev–Trinajstić information content (AvgIpc) is 3.18. The lowest BCUT2D eigenvalue weighted by molar-refractivity contribution is 0.157. The fraction of sp³-hybridized carbons (Fsp3) is 0.444. The summed E-state index contributed by atoms with van der Waals surface area (Å²) in [4.78, 5) is 2.61. The first kappa shape index (κ1) is 14.8. The van der Waals surface area contributed by atoms with Crippen LogP contribution >= 0.6 is 11.3 Å². The third-order valence-corrected chi connectivity index (χ3v) is 4.97. The SMILES string of the molecule is Cc1ccc(C(C(C)N)N(Cc2ccsc2)C2CC2)cc1. The second kappa shape index (κ2) is 6.30. The van der Waals surface area contributed by atoms with Crippen molar-refractivity contribution in [2.75, 3.05) is 0 Å². The van der Waals surface area contributed by atoms with Gasteiger partial charge in [0.2, 0.25) is 0 Å². The van der Waals surface area contributed by atoms with Crippen molar-refractivity contribution in [1.82, 2.24) is 4.90 Å². The predicted octanol–water partition coefficient (Wildman–Crippen LogP) is 4.11. The zero-order valence-electron chi connectivity index (χ0n) is 12.8. The summed E-state index contributed by atoms with van der Waals surface area (Å²) in [7, 11) is 0. The molecule has 2 atom stereocenters. The Morgan fingerprint density at radius 2 is 1.95 bits per heavy atom. The summed E-state index contributed by atoms with van der Waals surface area (Å²) in [6.07, 6.45) is 2.61. The third kappa shape index (κ3) is 3.54. The molecule has 112 valence electrons. The van der Waals surface area contributed by atoms with Gasteiger partial charge in [0.15, 0.2) is 0 Å².